The molecule has 0 unspecified atom stereocenters. The number of carbonyl (C=O) groups is 3. The second-order valence-electron chi connectivity index (χ2n) is 7.48. The highest BCUT2D eigenvalue weighted by atomic mass is 32.1. The predicted octanol–water partition coefficient (Wildman–Crippen LogP) is 3.35. The molecule has 28 heavy (non-hydrogen) atoms. The molecule has 0 aliphatic heterocycles. The summed E-state index contributed by atoms with van der Waals surface area (Å²) >= 11 is 1.26. The van der Waals surface area contributed by atoms with E-state index in [1.165, 1.54) is 17.6 Å². The minimum atomic E-state index is -0.892. The van der Waals surface area contributed by atoms with Gasteiger partial charge in [-0.2, -0.15) is 0 Å². The Hall–Kier alpha value is -2.61. The molecule has 2 heterocycles. The van der Waals surface area contributed by atoms with Crippen LogP contribution in [-0.4, -0.2) is 22.9 Å². The molecule has 0 aromatic carbocycles. The number of carboxylic acids is 1. The van der Waals surface area contributed by atoms with Gasteiger partial charge in [0.2, 0.25) is 5.91 Å². The number of rotatable bonds is 6. The van der Waals surface area contributed by atoms with E-state index in [1.807, 2.05) is 0 Å². The van der Waals surface area contributed by atoms with Gasteiger partial charge < -0.3 is 20.2 Å². The molecule has 3 saturated carbocycles. The van der Waals surface area contributed by atoms with Crippen LogP contribution in [-0.2, 0) is 16.1 Å². The quantitative estimate of drug-likeness (QED) is 0.687. The number of fused-ring (bicyclic) bond motifs is 3. The molecule has 148 valence electrons. The first-order chi connectivity index (χ1) is 13.5. The fourth-order valence-electron chi connectivity index (χ4n) is 4.64. The van der Waals surface area contributed by atoms with E-state index >= 15 is 0 Å². The van der Waals surface area contributed by atoms with Crippen LogP contribution in [0.2, 0.25) is 0 Å². The number of nitrogens with one attached hydrogen (secondary N) is 2. The summed E-state index contributed by atoms with van der Waals surface area (Å²) < 4.78 is 5.20. The number of anilines is 1. The Morgan fingerprint density at radius 1 is 1.11 bits per heavy atom. The highest BCUT2D eigenvalue weighted by Gasteiger charge is 2.50. The maximum atomic E-state index is 13.0. The van der Waals surface area contributed by atoms with Crippen LogP contribution in [0, 0.1) is 23.7 Å². The van der Waals surface area contributed by atoms with E-state index < -0.39 is 17.8 Å². The number of furan rings is 1. The molecule has 2 amide bonds. The molecule has 3 aliphatic rings. The van der Waals surface area contributed by atoms with Gasteiger partial charge in [-0.1, -0.05) is 0 Å². The third kappa shape index (κ3) is 3.56. The zero-order valence-corrected chi connectivity index (χ0v) is 16.0. The zero-order chi connectivity index (χ0) is 19.7. The van der Waals surface area contributed by atoms with Gasteiger partial charge in [0.15, 0.2) is 0 Å². The third-order valence-corrected chi connectivity index (χ3v) is 6.79. The molecule has 5 rings (SSSR count). The van der Waals surface area contributed by atoms with E-state index in [4.69, 9.17) is 4.42 Å². The number of carboxylic acid groups (broad SMARTS) is 1. The zero-order valence-electron chi connectivity index (χ0n) is 15.2. The van der Waals surface area contributed by atoms with E-state index in [1.54, 1.807) is 23.6 Å². The SMILES string of the molecule is O=C(NCc1ccco1)c1ccsc1NC(=O)[C@H]1C2CCC(CC2)[C@H]1C(=O)O. The molecular weight excluding hydrogens is 380 g/mol. The molecule has 0 spiro atoms. The van der Waals surface area contributed by atoms with Crippen molar-refractivity contribution in [3.05, 3.63) is 41.2 Å². The summed E-state index contributed by atoms with van der Waals surface area (Å²) in [5.41, 5.74) is 0.373. The number of aliphatic carboxylic acids is 1. The molecule has 3 aliphatic carbocycles. The van der Waals surface area contributed by atoms with Gasteiger partial charge in [-0.05, 0) is 61.1 Å². The predicted molar refractivity (Wildman–Crippen MR) is 103 cm³/mol. The van der Waals surface area contributed by atoms with Crippen molar-refractivity contribution in [1.29, 1.82) is 0 Å². The topological polar surface area (TPSA) is 109 Å². The van der Waals surface area contributed by atoms with Gasteiger partial charge in [-0.15, -0.1) is 11.3 Å². The normalized spacial score (nSPS) is 26.0. The summed E-state index contributed by atoms with van der Waals surface area (Å²) in [7, 11) is 0. The maximum absolute atomic E-state index is 13.0. The van der Waals surface area contributed by atoms with Crippen LogP contribution in [0.1, 0.15) is 41.8 Å². The lowest BCUT2D eigenvalue weighted by molar-refractivity contribution is -0.156. The average molecular weight is 402 g/mol. The van der Waals surface area contributed by atoms with Crippen molar-refractivity contribution in [3.63, 3.8) is 0 Å². The molecule has 0 saturated heterocycles. The van der Waals surface area contributed by atoms with Crippen molar-refractivity contribution in [1.82, 2.24) is 5.32 Å². The number of thiophene rings is 1. The van der Waals surface area contributed by atoms with Gasteiger partial charge in [0.25, 0.3) is 5.91 Å². The Balaban J connectivity index is 1.46. The fourth-order valence-corrected chi connectivity index (χ4v) is 5.43. The van der Waals surface area contributed by atoms with Crippen LogP contribution in [0.3, 0.4) is 0 Å². The van der Waals surface area contributed by atoms with E-state index in [9.17, 15) is 19.5 Å². The van der Waals surface area contributed by atoms with Crippen molar-refractivity contribution in [2.24, 2.45) is 23.7 Å². The van der Waals surface area contributed by atoms with Crippen LogP contribution in [0.15, 0.2) is 34.3 Å². The Kier molecular flexibility index (Phi) is 5.21. The molecule has 2 bridgehead atoms. The van der Waals surface area contributed by atoms with Crippen molar-refractivity contribution in [2.75, 3.05) is 5.32 Å². The molecule has 3 N–H and O–H groups in total. The smallest absolute Gasteiger partial charge is 0.307 e. The second kappa shape index (κ2) is 7.79. The summed E-state index contributed by atoms with van der Waals surface area (Å²) in [6.45, 7) is 0.253. The van der Waals surface area contributed by atoms with E-state index in [0.29, 0.717) is 16.3 Å². The van der Waals surface area contributed by atoms with Crippen molar-refractivity contribution in [3.8, 4) is 0 Å². The number of hydrogen-bond acceptors (Lipinski definition) is 5. The standard InChI is InChI=1S/C20H22N2O5S/c23-17(21-10-13-2-1-8-27-13)14-7-9-28-19(14)22-18(24)15-11-3-5-12(6-4-11)16(15)20(25)26/h1-2,7-9,11-12,15-16H,3-6,10H2,(H,21,23)(H,22,24)(H,25,26)/t11?,12?,15-,16+/m0/s1. The number of hydrogen-bond donors (Lipinski definition) is 3. The summed E-state index contributed by atoms with van der Waals surface area (Å²) in [4.78, 5) is 37.2. The van der Waals surface area contributed by atoms with E-state index in [-0.39, 0.29) is 30.2 Å². The number of carbonyl (C=O) groups excluding carboxylic acids is 2. The first-order valence-electron chi connectivity index (χ1n) is 9.46. The highest BCUT2D eigenvalue weighted by molar-refractivity contribution is 7.14. The van der Waals surface area contributed by atoms with Crippen molar-refractivity contribution < 1.29 is 23.9 Å². The largest absolute Gasteiger partial charge is 0.481 e. The monoisotopic (exact) mass is 402 g/mol. The van der Waals surface area contributed by atoms with Crippen LogP contribution < -0.4 is 10.6 Å². The lowest BCUT2D eigenvalue weighted by atomic mass is 9.58. The molecule has 3 fully saturated rings. The Morgan fingerprint density at radius 3 is 2.46 bits per heavy atom. The van der Waals surface area contributed by atoms with E-state index in [2.05, 4.69) is 10.6 Å². The molecule has 2 aromatic heterocycles. The summed E-state index contributed by atoms with van der Waals surface area (Å²) in [5.74, 6) is -1.86. The lowest BCUT2D eigenvalue weighted by Crippen LogP contribution is -2.49. The Labute approximate surface area is 166 Å². The summed E-state index contributed by atoms with van der Waals surface area (Å²) in [5, 5.41) is 17.4. The van der Waals surface area contributed by atoms with Gasteiger partial charge in [-0.3, -0.25) is 14.4 Å². The Bertz CT molecular complexity index is 867. The van der Waals surface area contributed by atoms with Crippen LogP contribution >= 0.6 is 11.3 Å². The first kappa shape index (κ1) is 18.7. The van der Waals surface area contributed by atoms with Gasteiger partial charge in [0.1, 0.15) is 10.8 Å². The van der Waals surface area contributed by atoms with E-state index in [0.717, 1.165) is 25.7 Å². The molecule has 7 nitrogen and oxygen atoms in total. The molecule has 0 radical (unpaired) electrons. The maximum Gasteiger partial charge on any atom is 0.307 e. The minimum absolute atomic E-state index is 0.0673. The lowest BCUT2D eigenvalue weighted by Gasteiger charge is -2.45. The summed E-state index contributed by atoms with van der Waals surface area (Å²) in [6, 6.07) is 5.16. The van der Waals surface area contributed by atoms with Crippen LogP contribution in [0.4, 0.5) is 5.00 Å². The van der Waals surface area contributed by atoms with Crippen molar-refractivity contribution in [2.45, 2.75) is 32.2 Å². The minimum Gasteiger partial charge on any atom is -0.481 e. The molecule has 2 aromatic rings. The number of amides is 2. The highest BCUT2D eigenvalue weighted by Crippen LogP contribution is 2.49. The van der Waals surface area contributed by atoms with Gasteiger partial charge >= 0.3 is 5.97 Å². The first-order valence-corrected chi connectivity index (χ1v) is 10.3. The fraction of sp³-hybridized carbons (Fsp3) is 0.450. The van der Waals surface area contributed by atoms with Gasteiger partial charge in [0.05, 0.1) is 30.2 Å². The second-order valence-corrected chi connectivity index (χ2v) is 8.40. The van der Waals surface area contributed by atoms with Crippen molar-refractivity contribution >= 4 is 34.1 Å². The molecule has 8 heteroatoms. The van der Waals surface area contributed by atoms with Gasteiger partial charge in [0, 0.05) is 0 Å². The van der Waals surface area contributed by atoms with Gasteiger partial charge in [-0.25, -0.2) is 0 Å². The molecular formula is C20H22N2O5S. The van der Waals surface area contributed by atoms with Crippen LogP contribution in [0.5, 0.6) is 0 Å². The summed E-state index contributed by atoms with van der Waals surface area (Å²) in [6.07, 6.45) is 5.09. The molecule has 2 atom stereocenters. The van der Waals surface area contributed by atoms with Crippen LogP contribution in [0.25, 0.3) is 0 Å². The average Bonchev–Trinajstić information content (AvgIpc) is 3.38. The third-order valence-electron chi connectivity index (χ3n) is 5.96. The Morgan fingerprint density at radius 2 is 1.82 bits per heavy atom.